The summed E-state index contributed by atoms with van der Waals surface area (Å²) in [6, 6.07) is 1.61. The second-order valence-electron chi connectivity index (χ2n) is 5.17. The molecule has 1 aromatic rings. The highest BCUT2D eigenvalue weighted by molar-refractivity contribution is 5.92. The number of nitrogens with one attached hydrogen (secondary N) is 1. The minimum atomic E-state index is -0.808. The number of aliphatic carboxylic acids is 1. The van der Waals surface area contributed by atoms with Gasteiger partial charge in [0.1, 0.15) is 5.69 Å². The highest BCUT2D eigenvalue weighted by Crippen LogP contribution is 2.36. The molecule has 0 atom stereocenters. The second-order valence-corrected chi connectivity index (χ2v) is 5.17. The third-order valence-electron chi connectivity index (χ3n) is 3.91. The first-order chi connectivity index (χ1) is 9.05. The summed E-state index contributed by atoms with van der Waals surface area (Å²) >= 11 is 0. The van der Waals surface area contributed by atoms with Crippen LogP contribution in [0.25, 0.3) is 0 Å². The predicted octanol–water partition coefficient (Wildman–Crippen LogP) is 1.18. The molecule has 1 aliphatic carbocycles. The summed E-state index contributed by atoms with van der Waals surface area (Å²) in [5, 5.41) is 16.1. The number of nitrogens with zero attached hydrogens (tertiary/aromatic N) is 2. The van der Waals surface area contributed by atoms with Gasteiger partial charge < -0.3 is 10.4 Å². The van der Waals surface area contributed by atoms with Crippen molar-refractivity contribution < 1.29 is 14.7 Å². The molecule has 2 N–H and O–H groups in total. The normalized spacial score (nSPS) is 17.9. The maximum atomic E-state index is 12.0. The van der Waals surface area contributed by atoms with Crippen LogP contribution in [0.2, 0.25) is 0 Å². The van der Waals surface area contributed by atoms with E-state index in [1.807, 2.05) is 0 Å². The van der Waals surface area contributed by atoms with Crippen molar-refractivity contribution in [1.29, 1.82) is 0 Å². The Morgan fingerprint density at radius 1 is 1.42 bits per heavy atom. The van der Waals surface area contributed by atoms with Crippen molar-refractivity contribution in [2.75, 3.05) is 6.54 Å². The Morgan fingerprint density at radius 3 is 2.63 bits per heavy atom. The van der Waals surface area contributed by atoms with E-state index in [0.29, 0.717) is 18.5 Å². The largest absolute Gasteiger partial charge is 0.481 e. The minimum Gasteiger partial charge on any atom is -0.481 e. The van der Waals surface area contributed by atoms with Gasteiger partial charge in [0.05, 0.1) is 5.41 Å². The van der Waals surface area contributed by atoms with Crippen molar-refractivity contribution in [2.24, 2.45) is 12.5 Å². The van der Waals surface area contributed by atoms with E-state index in [9.17, 15) is 14.7 Å². The zero-order valence-corrected chi connectivity index (χ0v) is 11.1. The van der Waals surface area contributed by atoms with Crippen LogP contribution in [0.5, 0.6) is 0 Å². The summed E-state index contributed by atoms with van der Waals surface area (Å²) in [5.74, 6) is -1.08. The van der Waals surface area contributed by atoms with Gasteiger partial charge >= 0.3 is 5.97 Å². The molecule has 0 radical (unpaired) electrons. The second kappa shape index (κ2) is 5.42. The summed E-state index contributed by atoms with van der Waals surface area (Å²) in [4.78, 5) is 23.4. The molecule has 0 bridgehead atoms. The number of carboxylic acid groups (broad SMARTS) is 1. The molecule has 0 unspecified atom stereocenters. The van der Waals surface area contributed by atoms with Crippen LogP contribution < -0.4 is 5.32 Å². The Hall–Kier alpha value is -1.85. The molecule has 0 saturated heterocycles. The average molecular weight is 265 g/mol. The zero-order chi connectivity index (χ0) is 13.9. The Bertz CT molecular complexity index is 475. The van der Waals surface area contributed by atoms with Crippen LogP contribution in [-0.4, -0.2) is 33.3 Å². The first-order valence-electron chi connectivity index (χ1n) is 6.55. The smallest absolute Gasteiger partial charge is 0.311 e. The summed E-state index contributed by atoms with van der Waals surface area (Å²) in [7, 11) is 1.68. The molecule has 0 aliphatic heterocycles. The molecule has 2 rings (SSSR count). The van der Waals surface area contributed by atoms with E-state index in [1.54, 1.807) is 19.3 Å². The van der Waals surface area contributed by atoms with Crippen LogP contribution in [-0.2, 0) is 11.8 Å². The molecule has 1 aromatic heterocycles. The Balaban J connectivity index is 2.02. The van der Waals surface area contributed by atoms with Crippen LogP contribution in [0.1, 0.15) is 42.6 Å². The lowest BCUT2D eigenvalue weighted by Crippen LogP contribution is -2.44. The van der Waals surface area contributed by atoms with Crippen LogP contribution in [0.4, 0.5) is 0 Å². The molecule has 1 saturated carbocycles. The SMILES string of the molecule is Cn1nccc1C(=O)NCC1(C(=O)O)CCCCC1. The molecule has 1 aliphatic rings. The lowest BCUT2D eigenvalue weighted by atomic mass is 9.74. The molecule has 1 heterocycles. The number of aryl methyl sites for hydroxylation is 1. The average Bonchev–Trinajstić information content (AvgIpc) is 2.83. The monoisotopic (exact) mass is 265 g/mol. The maximum Gasteiger partial charge on any atom is 0.311 e. The van der Waals surface area contributed by atoms with Crippen molar-refractivity contribution in [3.8, 4) is 0 Å². The zero-order valence-electron chi connectivity index (χ0n) is 11.1. The minimum absolute atomic E-state index is 0.187. The molecule has 1 amide bonds. The summed E-state index contributed by atoms with van der Waals surface area (Å²) < 4.78 is 1.48. The molecule has 1 fully saturated rings. The fourth-order valence-electron chi connectivity index (χ4n) is 2.63. The van der Waals surface area contributed by atoms with Crippen LogP contribution >= 0.6 is 0 Å². The van der Waals surface area contributed by atoms with Crippen molar-refractivity contribution in [2.45, 2.75) is 32.1 Å². The van der Waals surface area contributed by atoms with Gasteiger partial charge in [-0.3, -0.25) is 14.3 Å². The number of aromatic nitrogens is 2. The molecule has 6 nitrogen and oxygen atoms in total. The van der Waals surface area contributed by atoms with E-state index in [1.165, 1.54) is 4.68 Å². The molecule has 0 aromatic carbocycles. The highest BCUT2D eigenvalue weighted by Gasteiger charge is 2.39. The third-order valence-corrected chi connectivity index (χ3v) is 3.91. The predicted molar refractivity (Wildman–Crippen MR) is 68.7 cm³/mol. The van der Waals surface area contributed by atoms with E-state index in [0.717, 1.165) is 19.3 Å². The van der Waals surface area contributed by atoms with Gasteiger partial charge in [-0.25, -0.2) is 0 Å². The summed E-state index contributed by atoms with van der Waals surface area (Å²) in [5.41, 5.74) is -0.358. The quantitative estimate of drug-likeness (QED) is 0.856. The summed E-state index contributed by atoms with van der Waals surface area (Å²) in [6.07, 6.45) is 5.71. The molecule has 19 heavy (non-hydrogen) atoms. The number of rotatable bonds is 4. The molecule has 6 heteroatoms. The highest BCUT2D eigenvalue weighted by atomic mass is 16.4. The number of amides is 1. The van der Waals surface area contributed by atoms with E-state index < -0.39 is 11.4 Å². The van der Waals surface area contributed by atoms with E-state index in [4.69, 9.17) is 0 Å². The molecule has 0 spiro atoms. The van der Waals surface area contributed by atoms with Crippen LogP contribution in [0.15, 0.2) is 12.3 Å². The van der Waals surface area contributed by atoms with Crippen LogP contribution in [0.3, 0.4) is 0 Å². The van der Waals surface area contributed by atoms with Gasteiger partial charge in [0.15, 0.2) is 0 Å². The van der Waals surface area contributed by atoms with E-state index >= 15 is 0 Å². The van der Waals surface area contributed by atoms with Gasteiger partial charge in [-0.2, -0.15) is 5.10 Å². The first kappa shape index (κ1) is 13.6. The standard InChI is InChI=1S/C13H19N3O3/c1-16-10(5-8-15-16)11(17)14-9-13(12(18)19)6-3-2-4-7-13/h5,8H,2-4,6-7,9H2,1H3,(H,14,17)(H,18,19). The first-order valence-corrected chi connectivity index (χ1v) is 6.55. The number of hydrogen-bond acceptors (Lipinski definition) is 3. The van der Waals surface area contributed by atoms with E-state index in [-0.39, 0.29) is 12.5 Å². The van der Waals surface area contributed by atoms with Gasteiger partial charge in [0.25, 0.3) is 5.91 Å². The van der Waals surface area contributed by atoms with Gasteiger partial charge in [-0.05, 0) is 18.9 Å². The topological polar surface area (TPSA) is 84.2 Å². The number of carboxylic acids is 1. The van der Waals surface area contributed by atoms with Gasteiger partial charge in [-0.15, -0.1) is 0 Å². The maximum absolute atomic E-state index is 12.0. The molecular weight excluding hydrogens is 246 g/mol. The number of hydrogen-bond donors (Lipinski definition) is 2. The Labute approximate surface area is 111 Å². The lowest BCUT2D eigenvalue weighted by Gasteiger charge is -2.33. The summed E-state index contributed by atoms with van der Waals surface area (Å²) in [6.45, 7) is 0.187. The van der Waals surface area contributed by atoms with Gasteiger partial charge in [-0.1, -0.05) is 19.3 Å². The van der Waals surface area contributed by atoms with E-state index in [2.05, 4.69) is 10.4 Å². The third kappa shape index (κ3) is 2.77. The van der Waals surface area contributed by atoms with Gasteiger partial charge in [0, 0.05) is 19.8 Å². The number of carbonyl (C=O) groups excluding carboxylic acids is 1. The van der Waals surface area contributed by atoms with Crippen molar-refractivity contribution in [3.63, 3.8) is 0 Å². The fraction of sp³-hybridized carbons (Fsp3) is 0.615. The van der Waals surface area contributed by atoms with Crippen molar-refractivity contribution in [1.82, 2.24) is 15.1 Å². The lowest BCUT2D eigenvalue weighted by molar-refractivity contribution is -0.150. The van der Waals surface area contributed by atoms with Crippen molar-refractivity contribution in [3.05, 3.63) is 18.0 Å². The van der Waals surface area contributed by atoms with Gasteiger partial charge in [0.2, 0.25) is 0 Å². The van der Waals surface area contributed by atoms with Crippen molar-refractivity contribution >= 4 is 11.9 Å². The molecular formula is C13H19N3O3. The van der Waals surface area contributed by atoms with Crippen LogP contribution in [0, 0.1) is 5.41 Å². The Kier molecular flexibility index (Phi) is 3.87. The number of carbonyl (C=O) groups is 2. The fourth-order valence-corrected chi connectivity index (χ4v) is 2.63. The Morgan fingerprint density at radius 2 is 2.11 bits per heavy atom. The molecule has 104 valence electrons.